The third-order valence-electron chi connectivity index (χ3n) is 4.97. The van der Waals surface area contributed by atoms with Gasteiger partial charge in [-0.1, -0.05) is 31.2 Å². The molecule has 0 N–H and O–H groups in total. The molecule has 3 rings (SSSR count). The molecule has 0 spiro atoms. The normalized spacial score (nSPS) is 26.9. The Morgan fingerprint density at radius 2 is 2.09 bits per heavy atom. The van der Waals surface area contributed by atoms with Gasteiger partial charge in [-0.3, -0.25) is 4.90 Å². The van der Waals surface area contributed by atoms with Crippen LogP contribution in [0.3, 0.4) is 0 Å². The summed E-state index contributed by atoms with van der Waals surface area (Å²) in [6.07, 6.45) is 4.24. The second-order valence-electron chi connectivity index (χ2n) is 6.79. The zero-order valence-electron chi connectivity index (χ0n) is 13.9. The molecule has 2 heterocycles. The van der Waals surface area contributed by atoms with Crippen LogP contribution in [0.25, 0.3) is 0 Å². The van der Waals surface area contributed by atoms with Crippen molar-refractivity contribution in [3.63, 3.8) is 0 Å². The van der Waals surface area contributed by atoms with Crippen molar-refractivity contribution in [2.45, 2.75) is 51.3 Å². The third-order valence-corrected chi connectivity index (χ3v) is 6.72. The smallest absolute Gasteiger partial charge is 0.151 e. The summed E-state index contributed by atoms with van der Waals surface area (Å²) in [5.74, 6) is 0.627. The molecule has 1 aromatic rings. The molecule has 0 aliphatic carbocycles. The van der Waals surface area contributed by atoms with Crippen LogP contribution in [-0.4, -0.2) is 50.1 Å². The Morgan fingerprint density at radius 1 is 1.26 bits per heavy atom. The van der Waals surface area contributed by atoms with E-state index >= 15 is 0 Å². The number of sulfone groups is 1. The minimum absolute atomic E-state index is 0.134. The molecule has 0 unspecified atom stereocenters. The van der Waals surface area contributed by atoms with Crippen LogP contribution < -0.4 is 0 Å². The van der Waals surface area contributed by atoms with Crippen molar-refractivity contribution >= 4 is 9.84 Å². The van der Waals surface area contributed by atoms with E-state index in [0.717, 1.165) is 45.4 Å². The fraction of sp³-hybridized carbons (Fsp3) is 0.667. The fourth-order valence-electron chi connectivity index (χ4n) is 3.64. The quantitative estimate of drug-likeness (QED) is 0.800. The SMILES string of the molecule is CCc1cccc(CN(C[C@@H]2CCCO2)[C@H]2CCS(=O)(=O)C2)c1. The topological polar surface area (TPSA) is 46.6 Å². The summed E-state index contributed by atoms with van der Waals surface area (Å²) in [6.45, 7) is 4.66. The molecule has 2 fully saturated rings. The van der Waals surface area contributed by atoms with E-state index in [4.69, 9.17) is 4.74 Å². The van der Waals surface area contributed by atoms with E-state index in [9.17, 15) is 8.42 Å². The van der Waals surface area contributed by atoms with Gasteiger partial charge < -0.3 is 4.74 Å². The molecule has 2 saturated heterocycles. The Hall–Kier alpha value is -0.910. The van der Waals surface area contributed by atoms with Crippen LogP contribution in [0.1, 0.15) is 37.3 Å². The standard InChI is InChI=1S/C18H27NO3S/c1-2-15-5-3-6-16(11-15)12-19(13-18-7-4-9-22-18)17-8-10-23(20,21)14-17/h3,5-6,11,17-18H,2,4,7-10,12-14H2,1H3/t17-,18-/m0/s1. The molecular formula is C18H27NO3S. The Labute approximate surface area is 139 Å². The molecule has 0 radical (unpaired) electrons. The van der Waals surface area contributed by atoms with Crippen molar-refractivity contribution in [2.75, 3.05) is 24.7 Å². The Kier molecular flexibility index (Phi) is 5.39. The maximum absolute atomic E-state index is 11.9. The predicted octanol–water partition coefficient (Wildman–Crippen LogP) is 2.42. The first-order chi connectivity index (χ1) is 11.1. The number of hydrogen-bond donors (Lipinski definition) is 0. The molecule has 5 heteroatoms. The van der Waals surface area contributed by atoms with Crippen molar-refractivity contribution in [3.8, 4) is 0 Å². The number of aryl methyl sites for hydroxylation is 1. The number of hydrogen-bond acceptors (Lipinski definition) is 4. The minimum atomic E-state index is -2.86. The van der Waals surface area contributed by atoms with Crippen LogP contribution in [0.2, 0.25) is 0 Å². The number of nitrogens with zero attached hydrogens (tertiary/aromatic N) is 1. The van der Waals surface area contributed by atoms with Crippen LogP contribution in [0.5, 0.6) is 0 Å². The van der Waals surface area contributed by atoms with E-state index in [2.05, 4.69) is 36.1 Å². The van der Waals surface area contributed by atoms with Crippen molar-refractivity contribution in [1.82, 2.24) is 4.90 Å². The lowest BCUT2D eigenvalue weighted by molar-refractivity contribution is 0.0574. The van der Waals surface area contributed by atoms with Crippen LogP contribution >= 0.6 is 0 Å². The first kappa shape index (κ1) is 16.9. The fourth-order valence-corrected chi connectivity index (χ4v) is 5.40. The van der Waals surface area contributed by atoms with Gasteiger partial charge in [0.15, 0.2) is 9.84 Å². The molecule has 0 saturated carbocycles. The maximum Gasteiger partial charge on any atom is 0.151 e. The van der Waals surface area contributed by atoms with E-state index in [-0.39, 0.29) is 12.1 Å². The highest BCUT2D eigenvalue weighted by molar-refractivity contribution is 7.91. The van der Waals surface area contributed by atoms with Gasteiger partial charge in [0, 0.05) is 25.7 Å². The zero-order chi connectivity index (χ0) is 16.3. The van der Waals surface area contributed by atoms with Gasteiger partial charge in [0.1, 0.15) is 0 Å². The molecule has 0 bridgehead atoms. The third kappa shape index (κ3) is 4.55. The summed E-state index contributed by atoms with van der Waals surface area (Å²) in [6, 6.07) is 8.77. The molecule has 0 aromatic heterocycles. The highest BCUT2D eigenvalue weighted by atomic mass is 32.2. The largest absolute Gasteiger partial charge is 0.377 e. The Bertz CT molecular complexity index is 623. The van der Waals surface area contributed by atoms with Gasteiger partial charge in [-0.05, 0) is 36.8 Å². The average molecular weight is 337 g/mol. The van der Waals surface area contributed by atoms with E-state index in [1.54, 1.807) is 0 Å². The van der Waals surface area contributed by atoms with E-state index in [0.29, 0.717) is 11.5 Å². The minimum Gasteiger partial charge on any atom is -0.377 e. The van der Waals surface area contributed by atoms with Crippen molar-refractivity contribution in [3.05, 3.63) is 35.4 Å². The van der Waals surface area contributed by atoms with Gasteiger partial charge in [0.05, 0.1) is 17.6 Å². The summed E-state index contributed by atoms with van der Waals surface area (Å²) in [5.41, 5.74) is 2.60. The molecule has 23 heavy (non-hydrogen) atoms. The first-order valence-corrected chi connectivity index (χ1v) is 10.5. The van der Waals surface area contributed by atoms with Gasteiger partial charge in [-0.15, -0.1) is 0 Å². The summed E-state index contributed by atoms with van der Waals surface area (Å²) in [4.78, 5) is 2.34. The first-order valence-electron chi connectivity index (χ1n) is 8.69. The lowest BCUT2D eigenvalue weighted by Crippen LogP contribution is -2.40. The molecule has 0 amide bonds. The Balaban J connectivity index is 1.73. The van der Waals surface area contributed by atoms with Gasteiger partial charge in [-0.25, -0.2) is 8.42 Å². The van der Waals surface area contributed by atoms with E-state index in [1.165, 1.54) is 11.1 Å². The molecule has 4 nitrogen and oxygen atoms in total. The van der Waals surface area contributed by atoms with Gasteiger partial charge in [0.25, 0.3) is 0 Å². The molecule has 128 valence electrons. The highest BCUT2D eigenvalue weighted by Crippen LogP contribution is 2.23. The van der Waals surface area contributed by atoms with Crippen LogP contribution in [0.4, 0.5) is 0 Å². The van der Waals surface area contributed by atoms with E-state index < -0.39 is 9.84 Å². The number of benzene rings is 1. The van der Waals surface area contributed by atoms with Crippen molar-refractivity contribution in [2.24, 2.45) is 0 Å². The predicted molar refractivity (Wildman–Crippen MR) is 92.3 cm³/mol. The summed E-state index contributed by atoms with van der Waals surface area (Å²) in [7, 11) is -2.86. The average Bonchev–Trinajstić information content (AvgIpc) is 3.16. The monoisotopic (exact) mass is 337 g/mol. The molecule has 2 aliphatic heterocycles. The highest BCUT2D eigenvalue weighted by Gasteiger charge is 2.33. The van der Waals surface area contributed by atoms with Gasteiger partial charge in [0.2, 0.25) is 0 Å². The molecule has 1 aromatic carbocycles. The zero-order valence-corrected chi connectivity index (χ0v) is 14.7. The van der Waals surface area contributed by atoms with E-state index in [1.807, 2.05) is 0 Å². The summed E-state index contributed by atoms with van der Waals surface area (Å²) in [5, 5.41) is 0. The van der Waals surface area contributed by atoms with Crippen LogP contribution in [-0.2, 0) is 27.5 Å². The van der Waals surface area contributed by atoms with Gasteiger partial charge in [-0.2, -0.15) is 0 Å². The Morgan fingerprint density at radius 3 is 2.74 bits per heavy atom. The summed E-state index contributed by atoms with van der Waals surface area (Å²) < 4.78 is 29.5. The second-order valence-corrected chi connectivity index (χ2v) is 9.02. The van der Waals surface area contributed by atoms with Crippen LogP contribution in [0, 0.1) is 0 Å². The lowest BCUT2D eigenvalue weighted by atomic mass is 10.1. The van der Waals surface area contributed by atoms with Crippen molar-refractivity contribution in [1.29, 1.82) is 0 Å². The molecule has 2 aliphatic rings. The molecular weight excluding hydrogens is 310 g/mol. The molecule has 2 atom stereocenters. The lowest BCUT2D eigenvalue weighted by Gasteiger charge is -2.30. The summed E-state index contributed by atoms with van der Waals surface area (Å²) >= 11 is 0. The van der Waals surface area contributed by atoms with Gasteiger partial charge >= 0.3 is 0 Å². The second kappa shape index (κ2) is 7.32. The van der Waals surface area contributed by atoms with Crippen LogP contribution in [0.15, 0.2) is 24.3 Å². The number of ether oxygens (including phenoxy) is 1. The number of rotatable bonds is 6. The van der Waals surface area contributed by atoms with Crippen molar-refractivity contribution < 1.29 is 13.2 Å². The maximum atomic E-state index is 11.9.